The van der Waals surface area contributed by atoms with Crippen molar-refractivity contribution < 1.29 is 39.1 Å². The fourth-order valence-corrected chi connectivity index (χ4v) is 2.79. The Balaban J connectivity index is 2.03. The van der Waals surface area contributed by atoms with Crippen LogP contribution in [0.15, 0.2) is 30.3 Å². The number of hydrogen-bond acceptors (Lipinski definition) is 8. The fraction of sp³-hybridized carbons (Fsp3) is 0.444. The van der Waals surface area contributed by atoms with Crippen molar-refractivity contribution in [1.82, 2.24) is 0 Å². The lowest BCUT2D eigenvalue weighted by Gasteiger charge is -2.39. The first-order valence-corrected chi connectivity index (χ1v) is 7.99. The molecular weight excluding hydrogens is 344 g/mol. The highest BCUT2D eigenvalue weighted by atomic mass is 16.6. The molecule has 2 rings (SSSR count). The third-order valence-corrected chi connectivity index (χ3v) is 4.22. The lowest BCUT2D eigenvalue weighted by Crippen LogP contribution is -2.57. The monoisotopic (exact) mass is 366 g/mol. The van der Waals surface area contributed by atoms with Crippen molar-refractivity contribution in [3.63, 3.8) is 0 Å². The minimum Gasteiger partial charge on any atom is -0.497 e. The number of methoxy groups -OCH3 is 2. The van der Waals surface area contributed by atoms with Crippen molar-refractivity contribution in [2.75, 3.05) is 14.2 Å². The second-order valence-electron chi connectivity index (χ2n) is 6.07. The van der Waals surface area contributed by atoms with E-state index in [-0.39, 0.29) is 6.42 Å². The molecule has 1 aromatic rings. The van der Waals surface area contributed by atoms with Gasteiger partial charge in [-0.15, -0.1) is 0 Å². The van der Waals surface area contributed by atoms with Gasteiger partial charge < -0.3 is 29.5 Å². The molecule has 8 heteroatoms. The predicted octanol–water partition coefficient (Wildman–Crippen LogP) is 0.0399. The Hall–Kier alpha value is -2.42. The molecule has 1 aliphatic rings. The Bertz CT molecular complexity index is 668. The van der Waals surface area contributed by atoms with Gasteiger partial charge in [0.05, 0.1) is 20.3 Å². The lowest BCUT2D eigenvalue weighted by molar-refractivity contribution is -0.198. The summed E-state index contributed by atoms with van der Waals surface area (Å²) in [7, 11) is 2.64. The van der Waals surface area contributed by atoms with Crippen LogP contribution in [0.3, 0.4) is 0 Å². The summed E-state index contributed by atoms with van der Waals surface area (Å²) in [4.78, 5) is 23.7. The highest BCUT2D eigenvalue weighted by Gasteiger charge is 2.50. The van der Waals surface area contributed by atoms with Gasteiger partial charge in [0, 0.05) is 18.9 Å². The molecule has 8 nitrogen and oxygen atoms in total. The predicted molar refractivity (Wildman–Crippen MR) is 90.1 cm³/mol. The molecular formula is C18H22O8. The second kappa shape index (κ2) is 8.31. The summed E-state index contributed by atoms with van der Waals surface area (Å²) in [5.74, 6) is -1.07. The van der Waals surface area contributed by atoms with Crippen LogP contribution in [0.4, 0.5) is 0 Å². The van der Waals surface area contributed by atoms with E-state index in [0.29, 0.717) is 5.75 Å². The molecule has 1 aromatic carbocycles. The van der Waals surface area contributed by atoms with Crippen molar-refractivity contribution in [2.45, 2.75) is 36.8 Å². The second-order valence-corrected chi connectivity index (χ2v) is 6.07. The average molecular weight is 366 g/mol. The molecule has 1 aliphatic carbocycles. The van der Waals surface area contributed by atoms with E-state index in [9.17, 15) is 24.9 Å². The lowest BCUT2D eigenvalue weighted by atomic mass is 9.79. The minimum atomic E-state index is -2.03. The highest BCUT2D eigenvalue weighted by Crippen LogP contribution is 2.32. The number of rotatable bonds is 5. The molecule has 0 spiro atoms. The maximum atomic E-state index is 12.0. The number of benzene rings is 1. The van der Waals surface area contributed by atoms with Crippen LogP contribution in [-0.4, -0.2) is 65.4 Å². The topological polar surface area (TPSA) is 123 Å². The minimum absolute atomic E-state index is 0.375. The SMILES string of the molecule is COC(=O)[C@]1(O)C[C@@H](O)[C@@H](O)[C@H](OC(=O)/C=C/c2ccc(OC)cc2)C1. The zero-order chi connectivity index (χ0) is 19.3. The molecule has 1 saturated carbocycles. The maximum Gasteiger partial charge on any atom is 0.338 e. The molecule has 0 bridgehead atoms. The van der Waals surface area contributed by atoms with E-state index >= 15 is 0 Å². The van der Waals surface area contributed by atoms with Crippen molar-refractivity contribution in [3.05, 3.63) is 35.9 Å². The van der Waals surface area contributed by atoms with Crippen LogP contribution in [0.5, 0.6) is 5.75 Å². The van der Waals surface area contributed by atoms with Crippen LogP contribution >= 0.6 is 0 Å². The summed E-state index contributed by atoms with van der Waals surface area (Å²) < 4.78 is 14.6. The molecule has 1 fully saturated rings. The average Bonchev–Trinajstić information content (AvgIpc) is 2.63. The number of hydrogen-bond donors (Lipinski definition) is 3. The van der Waals surface area contributed by atoms with Crippen molar-refractivity contribution >= 4 is 18.0 Å². The molecule has 0 radical (unpaired) electrons. The van der Waals surface area contributed by atoms with Gasteiger partial charge in [-0.2, -0.15) is 0 Å². The zero-order valence-electron chi connectivity index (χ0n) is 14.5. The molecule has 0 heterocycles. The smallest absolute Gasteiger partial charge is 0.338 e. The Morgan fingerprint density at radius 1 is 1.15 bits per heavy atom. The van der Waals surface area contributed by atoms with Gasteiger partial charge in [-0.3, -0.25) is 0 Å². The number of ether oxygens (including phenoxy) is 3. The van der Waals surface area contributed by atoms with E-state index in [4.69, 9.17) is 9.47 Å². The summed E-state index contributed by atoms with van der Waals surface area (Å²) in [6.45, 7) is 0. The number of esters is 2. The van der Waals surface area contributed by atoms with Gasteiger partial charge in [0.1, 0.15) is 18.0 Å². The van der Waals surface area contributed by atoms with Crippen LogP contribution in [0, 0.1) is 0 Å². The summed E-state index contributed by atoms with van der Waals surface area (Å²) in [5.41, 5.74) is -1.31. The number of carbonyl (C=O) groups excluding carboxylic acids is 2. The largest absolute Gasteiger partial charge is 0.497 e. The highest BCUT2D eigenvalue weighted by molar-refractivity contribution is 5.87. The maximum absolute atomic E-state index is 12.0. The van der Waals surface area contributed by atoms with Gasteiger partial charge in [0.25, 0.3) is 0 Å². The summed E-state index contributed by atoms with van der Waals surface area (Å²) in [6, 6.07) is 6.92. The normalized spacial score (nSPS) is 28.6. The van der Waals surface area contributed by atoms with Crippen LogP contribution in [0.2, 0.25) is 0 Å². The Morgan fingerprint density at radius 3 is 2.38 bits per heavy atom. The molecule has 0 unspecified atom stereocenters. The van der Waals surface area contributed by atoms with Gasteiger partial charge >= 0.3 is 11.9 Å². The van der Waals surface area contributed by atoms with E-state index in [1.54, 1.807) is 31.4 Å². The fourth-order valence-electron chi connectivity index (χ4n) is 2.79. The van der Waals surface area contributed by atoms with Gasteiger partial charge in [-0.1, -0.05) is 12.1 Å². The molecule has 0 saturated heterocycles. The molecule has 0 aromatic heterocycles. The van der Waals surface area contributed by atoms with Gasteiger partial charge in [0.2, 0.25) is 0 Å². The van der Waals surface area contributed by atoms with E-state index in [1.165, 1.54) is 6.08 Å². The Morgan fingerprint density at radius 2 is 1.81 bits per heavy atom. The van der Waals surface area contributed by atoms with Crippen LogP contribution in [-0.2, 0) is 19.1 Å². The molecule has 3 N–H and O–H groups in total. The standard InChI is InChI=1S/C18H22O8/c1-24-12-6-3-11(4-7-12)5-8-15(20)26-14-10-18(23,17(22)25-2)9-13(19)16(14)21/h3-8,13-14,16,19,21,23H,9-10H2,1-2H3/b8-5+/t13-,14-,16-,18+/m1/s1. The first-order valence-electron chi connectivity index (χ1n) is 7.99. The van der Waals surface area contributed by atoms with Crippen molar-refractivity contribution in [1.29, 1.82) is 0 Å². The Labute approximate surface area is 150 Å². The molecule has 0 amide bonds. The van der Waals surface area contributed by atoms with Crippen LogP contribution < -0.4 is 4.74 Å². The molecule has 26 heavy (non-hydrogen) atoms. The van der Waals surface area contributed by atoms with Gasteiger partial charge in [0.15, 0.2) is 5.60 Å². The van der Waals surface area contributed by atoms with Gasteiger partial charge in [-0.05, 0) is 23.8 Å². The molecule has 0 aliphatic heterocycles. The van der Waals surface area contributed by atoms with E-state index in [1.807, 2.05) is 0 Å². The third-order valence-electron chi connectivity index (χ3n) is 4.22. The number of aliphatic hydroxyl groups excluding tert-OH is 2. The first-order chi connectivity index (χ1) is 12.3. The van der Waals surface area contributed by atoms with Crippen molar-refractivity contribution in [2.24, 2.45) is 0 Å². The number of carbonyl (C=O) groups is 2. The molecule has 142 valence electrons. The quantitative estimate of drug-likeness (QED) is 0.493. The summed E-state index contributed by atoms with van der Waals surface area (Å²) in [5, 5.41) is 30.1. The van der Waals surface area contributed by atoms with E-state index < -0.39 is 42.3 Å². The number of aliphatic hydroxyl groups is 3. The first kappa shape index (κ1) is 19.9. The Kier molecular flexibility index (Phi) is 6.36. The third kappa shape index (κ3) is 4.60. The van der Waals surface area contributed by atoms with Gasteiger partial charge in [-0.25, -0.2) is 9.59 Å². The van der Waals surface area contributed by atoms with Crippen LogP contribution in [0.25, 0.3) is 6.08 Å². The summed E-state index contributed by atoms with van der Waals surface area (Å²) >= 11 is 0. The van der Waals surface area contributed by atoms with E-state index in [2.05, 4.69) is 4.74 Å². The summed E-state index contributed by atoms with van der Waals surface area (Å²) in [6.07, 6.45) is -2.24. The zero-order valence-corrected chi connectivity index (χ0v) is 14.5. The molecule has 4 atom stereocenters. The van der Waals surface area contributed by atoms with Crippen LogP contribution in [0.1, 0.15) is 18.4 Å². The van der Waals surface area contributed by atoms with Crippen molar-refractivity contribution in [3.8, 4) is 5.75 Å². The van der Waals surface area contributed by atoms with E-state index in [0.717, 1.165) is 18.7 Å².